The average Bonchev–Trinajstić information content (AvgIpc) is 3.25. The number of hydrogen-bond acceptors (Lipinski definition) is 6. The SMILES string of the molecule is Cc1ccc(CN2CCC(Nc3ncccc3-c3nc(C)no3)C2=O)cc1. The van der Waals surface area contributed by atoms with Crippen LogP contribution >= 0.6 is 0 Å². The molecule has 1 atom stereocenters. The second-order valence-corrected chi connectivity index (χ2v) is 6.78. The van der Waals surface area contributed by atoms with E-state index in [-0.39, 0.29) is 11.9 Å². The minimum Gasteiger partial charge on any atom is -0.358 e. The van der Waals surface area contributed by atoms with Crippen molar-refractivity contribution in [3.63, 3.8) is 0 Å². The molecule has 1 aromatic carbocycles. The summed E-state index contributed by atoms with van der Waals surface area (Å²) in [6, 6.07) is 11.6. The fraction of sp³-hybridized carbons (Fsp3) is 0.300. The van der Waals surface area contributed by atoms with Gasteiger partial charge in [0.1, 0.15) is 11.9 Å². The molecule has 1 unspecified atom stereocenters. The minimum absolute atomic E-state index is 0.0777. The van der Waals surface area contributed by atoms with Crippen LogP contribution < -0.4 is 5.32 Å². The number of nitrogens with one attached hydrogen (secondary N) is 1. The number of aromatic nitrogens is 3. The van der Waals surface area contributed by atoms with Crippen LogP contribution in [0.4, 0.5) is 5.82 Å². The third-order valence-corrected chi connectivity index (χ3v) is 4.67. The van der Waals surface area contributed by atoms with E-state index >= 15 is 0 Å². The molecule has 1 aliphatic heterocycles. The minimum atomic E-state index is -0.312. The number of benzene rings is 1. The molecule has 7 heteroatoms. The van der Waals surface area contributed by atoms with Gasteiger partial charge < -0.3 is 14.7 Å². The van der Waals surface area contributed by atoms with Gasteiger partial charge in [0.2, 0.25) is 5.91 Å². The maximum absolute atomic E-state index is 12.8. The topological polar surface area (TPSA) is 84.2 Å². The largest absolute Gasteiger partial charge is 0.358 e. The van der Waals surface area contributed by atoms with Gasteiger partial charge in [-0.2, -0.15) is 4.98 Å². The number of anilines is 1. The Hall–Kier alpha value is -3.22. The highest BCUT2D eigenvalue weighted by atomic mass is 16.5. The standard InChI is InChI=1S/C20H21N5O2/c1-13-5-7-15(8-6-13)12-25-11-9-17(20(25)26)23-18-16(4-3-10-21-18)19-22-14(2)24-27-19/h3-8,10,17H,9,11-12H2,1-2H3,(H,21,23). The number of rotatable bonds is 5. The van der Waals surface area contributed by atoms with E-state index in [2.05, 4.69) is 51.6 Å². The Morgan fingerprint density at radius 2 is 2.04 bits per heavy atom. The third-order valence-electron chi connectivity index (χ3n) is 4.67. The number of amides is 1. The summed E-state index contributed by atoms with van der Waals surface area (Å²) < 4.78 is 5.26. The maximum atomic E-state index is 12.8. The summed E-state index contributed by atoms with van der Waals surface area (Å²) in [6.45, 7) is 5.15. The van der Waals surface area contributed by atoms with Gasteiger partial charge >= 0.3 is 0 Å². The second kappa shape index (κ2) is 7.19. The van der Waals surface area contributed by atoms with Crippen LogP contribution in [0.5, 0.6) is 0 Å². The fourth-order valence-electron chi connectivity index (χ4n) is 3.21. The zero-order chi connectivity index (χ0) is 18.8. The number of likely N-dealkylation sites (tertiary alicyclic amines) is 1. The van der Waals surface area contributed by atoms with Crippen molar-refractivity contribution in [1.82, 2.24) is 20.0 Å². The Morgan fingerprint density at radius 3 is 2.78 bits per heavy atom. The Bertz CT molecular complexity index is 951. The van der Waals surface area contributed by atoms with Gasteiger partial charge in [0, 0.05) is 19.3 Å². The lowest BCUT2D eigenvalue weighted by molar-refractivity contribution is -0.128. The number of pyridine rings is 1. The van der Waals surface area contributed by atoms with Crippen LogP contribution in [-0.2, 0) is 11.3 Å². The molecule has 138 valence electrons. The van der Waals surface area contributed by atoms with Gasteiger partial charge in [0.05, 0.1) is 5.56 Å². The van der Waals surface area contributed by atoms with Crippen molar-refractivity contribution >= 4 is 11.7 Å². The summed E-state index contributed by atoms with van der Waals surface area (Å²) in [4.78, 5) is 23.3. The number of nitrogens with zero attached hydrogens (tertiary/aromatic N) is 4. The van der Waals surface area contributed by atoms with Gasteiger partial charge in [-0.3, -0.25) is 4.79 Å². The molecule has 1 saturated heterocycles. The zero-order valence-electron chi connectivity index (χ0n) is 15.3. The van der Waals surface area contributed by atoms with Crippen LogP contribution in [0.2, 0.25) is 0 Å². The molecule has 1 fully saturated rings. The molecule has 0 bridgehead atoms. The van der Waals surface area contributed by atoms with E-state index in [1.165, 1.54) is 5.56 Å². The first-order valence-electron chi connectivity index (χ1n) is 8.97. The Balaban J connectivity index is 1.48. The van der Waals surface area contributed by atoms with Crippen molar-refractivity contribution < 1.29 is 9.32 Å². The van der Waals surface area contributed by atoms with Crippen LogP contribution in [0, 0.1) is 13.8 Å². The zero-order valence-corrected chi connectivity index (χ0v) is 15.3. The van der Waals surface area contributed by atoms with Crippen molar-refractivity contribution in [3.8, 4) is 11.5 Å². The summed E-state index contributed by atoms with van der Waals surface area (Å²) in [5, 5.41) is 7.09. The average molecular weight is 363 g/mol. The number of carbonyl (C=O) groups excluding carboxylic acids is 1. The Morgan fingerprint density at radius 1 is 1.22 bits per heavy atom. The molecule has 3 heterocycles. The van der Waals surface area contributed by atoms with E-state index in [1.807, 2.05) is 11.0 Å². The third kappa shape index (κ3) is 3.67. The fourth-order valence-corrected chi connectivity index (χ4v) is 3.21. The van der Waals surface area contributed by atoms with E-state index in [4.69, 9.17) is 4.52 Å². The van der Waals surface area contributed by atoms with Crippen LogP contribution in [0.15, 0.2) is 47.1 Å². The highest BCUT2D eigenvalue weighted by molar-refractivity contribution is 5.87. The van der Waals surface area contributed by atoms with Crippen LogP contribution in [-0.4, -0.2) is 38.5 Å². The van der Waals surface area contributed by atoms with Crippen LogP contribution in [0.3, 0.4) is 0 Å². The summed E-state index contributed by atoms with van der Waals surface area (Å²) >= 11 is 0. The molecule has 3 aromatic rings. The first kappa shape index (κ1) is 17.2. The number of hydrogen-bond donors (Lipinski definition) is 1. The Kier molecular flexibility index (Phi) is 4.58. The first-order chi connectivity index (χ1) is 13.1. The molecule has 1 amide bonds. The van der Waals surface area contributed by atoms with E-state index in [0.29, 0.717) is 36.2 Å². The molecule has 7 nitrogen and oxygen atoms in total. The summed E-state index contributed by atoms with van der Waals surface area (Å²) in [7, 11) is 0. The lowest BCUT2D eigenvalue weighted by Crippen LogP contribution is -2.33. The van der Waals surface area contributed by atoms with Gasteiger partial charge in [-0.05, 0) is 38.0 Å². The van der Waals surface area contributed by atoms with Crippen molar-refractivity contribution in [1.29, 1.82) is 0 Å². The van der Waals surface area contributed by atoms with Crippen molar-refractivity contribution in [2.24, 2.45) is 0 Å². The quantitative estimate of drug-likeness (QED) is 0.750. The molecule has 1 aliphatic rings. The molecule has 0 aliphatic carbocycles. The first-order valence-corrected chi connectivity index (χ1v) is 8.97. The van der Waals surface area contributed by atoms with E-state index in [9.17, 15) is 4.79 Å². The highest BCUT2D eigenvalue weighted by Crippen LogP contribution is 2.27. The normalized spacial score (nSPS) is 16.7. The molecule has 27 heavy (non-hydrogen) atoms. The Labute approximate surface area is 157 Å². The van der Waals surface area contributed by atoms with Crippen LogP contribution in [0.1, 0.15) is 23.4 Å². The van der Waals surface area contributed by atoms with Crippen molar-refractivity contribution in [2.75, 3.05) is 11.9 Å². The lowest BCUT2D eigenvalue weighted by Gasteiger charge is -2.18. The van der Waals surface area contributed by atoms with E-state index in [1.54, 1.807) is 19.2 Å². The lowest BCUT2D eigenvalue weighted by atomic mass is 10.1. The van der Waals surface area contributed by atoms with Crippen molar-refractivity contribution in [3.05, 3.63) is 59.5 Å². The van der Waals surface area contributed by atoms with E-state index in [0.717, 1.165) is 12.0 Å². The molecule has 2 aromatic heterocycles. The number of carbonyl (C=O) groups is 1. The molecule has 1 N–H and O–H groups in total. The van der Waals surface area contributed by atoms with Gasteiger partial charge in [0.15, 0.2) is 5.82 Å². The van der Waals surface area contributed by atoms with Crippen LogP contribution in [0.25, 0.3) is 11.5 Å². The molecule has 4 rings (SSSR count). The maximum Gasteiger partial charge on any atom is 0.261 e. The monoisotopic (exact) mass is 363 g/mol. The number of aryl methyl sites for hydroxylation is 2. The summed E-state index contributed by atoms with van der Waals surface area (Å²) in [5.74, 6) is 1.61. The van der Waals surface area contributed by atoms with Gasteiger partial charge in [-0.1, -0.05) is 35.0 Å². The smallest absolute Gasteiger partial charge is 0.261 e. The summed E-state index contributed by atoms with van der Waals surface area (Å²) in [5.41, 5.74) is 3.04. The predicted molar refractivity (Wildman–Crippen MR) is 101 cm³/mol. The highest BCUT2D eigenvalue weighted by Gasteiger charge is 2.32. The van der Waals surface area contributed by atoms with Gasteiger partial charge in [0.25, 0.3) is 5.89 Å². The second-order valence-electron chi connectivity index (χ2n) is 6.78. The molecular weight excluding hydrogens is 342 g/mol. The van der Waals surface area contributed by atoms with E-state index < -0.39 is 0 Å². The van der Waals surface area contributed by atoms with Crippen molar-refractivity contribution in [2.45, 2.75) is 32.9 Å². The molecule has 0 spiro atoms. The molecular formula is C20H21N5O2. The molecule has 0 radical (unpaired) electrons. The summed E-state index contributed by atoms with van der Waals surface area (Å²) in [6.07, 6.45) is 2.40. The van der Waals surface area contributed by atoms with Gasteiger partial charge in [-0.15, -0.1) is 0 Å². The molecule has 0 saturated carbocycles. The predicted octanol–water partition coefficient (Wildman–Crippen LogP) is 2.96. The van der Waals surface area contributed by atoms with Gasteiger partial charge in [-0.25, -0.2) is 4.98 Å².